The molecule has 1 aliphatic carbocycles. The average molecular weight is 280 g/mol. The van der Waals surface area contributed by atoms with Crippen LogP contribution in [0.4, 0.5) is 0 Å². The maximum atomic E-state index is 3.87. The van der Waals surface area contributed by atoms with Crippen molar-refractivity contribution in [3.8, 4) is 0 Å². The molecule has 1 aliphatic heterocycles. The van der Waals surface area contributed by atoms with Gasteiger partial charge >= 0.3 is 0 Å². The van der Waals surface area contributed by atoms with E-state index in [1.807, 2.05) is 0 Å². The van der Waals surface area contributed by atoms with Gasteiger partial charge in [-0.15, -0.1) is 0 Å². The fourth-order valence-electron chi connectivity index (χ4n) is 3.99. The second kappa shape index (κ2) is 7.26. The molecule has 0 aromatic carbocycles. The molecule has 2 aliphatic rings. The van der Waals surface area contributed by atoms with E-state index in [2.05, 4.69) is 37.9 Å². The molecule has 1 saturated heterocycles. The van der Waals surface area contributed by atoms with Crippen LogP contribution in [0.2, 0.25) is 0 Å². The van der Waals surface area contributed by atoms with Gasteiger partial charge in [0.05, 0.1) is 0 Å². The van der Waals surface area contributed by atoms with Crippen LogP contribution in [-0.4, -0.2) is 36.1 Å². The van der Waals surface area contributed by atoms with E-state index in [0.29, 0.717) is 5.54 Å². The molecule has 0 aromatic heterocycles. The van der Waals surface area contributed by atoms with Gasteiger partial charge in [-0.25, -0.2) is 0 Å². The lowest BCUT2D eigenvalue weighted by Crippen LogP contribution is -2.64. The molecule has 0 aromatic rings. The van der Waals surface area contributed by atoms with Crippen molar-refractivity contribution in [2.45, 2.75) is 84.2 Å². The molecular formula is C18H36N2. The first-order valence-electron chi connectivity index (χ1n) is 9.03. The van der Waals surface area contributed by atoms with Crippen LogP contribution in [0.15, 0.2) is 0 Å². The summed E-state index contributed by atoms with van der Waals surface area (Å²) in [7, 11) is 0. The van der Waals surface area contributed by atoms with Gasteiger partial charge in [-0.3, -0.25) is 4.90 Å². The van der Waals surface area contributed by atoms with Gasteiger partial charge in [0.15, 0.2) is 0 Å². The lowest BCUT2D eigenvalue weighted by Gasteiger charge is -2.49. The first-order valence-corrected chi connectivity index (χ1v) is 9.03. The predicted octanol–water partition coefficient (Wildman–Crippen LogP) is 4.06. The first-order chi connectivity index (χ1) is 9.54. The summed E-state index contributed by atoms with van der Waals surface area (Å²) in [6.07, 6.45) is 9.91. The van der Waals surface area contributed by atoms with Gasteiger partial charge in [0.2, 0.25) is 0 Å². The van der Waals surface area contributed by atoms with Crippen LogP contribution in [0, 0.1) is 11.8 Å². The monoisotopic (exact) mass is 280 g/mol. The highest BCUT2D eigenvalue weighted by molar-refractivity contribution is 4.97. The number of rotatable bonds is 5. The van der Waals surface area contributed by atoms with Crippen molar-refractivity contribution in [1.29, 1.82) is 0 Å². The van der Waals surface area contributed by atoms with Crippen molar-refractivity contribution in [2.75, 3.05) is 19.6 Å². The van der Waals surface area contributed by atoms with Crippen molar-refractivity contribution in [3.05, 3.63) is 0 Å². The lowest BCUT2D eigenvalue weighted by molar-refractivity contribution is 0.0374. The van der Waals surface area contributed by atoms with Crippen molar-refractivity contribution in [3.63, 3.8) is 0 Å². The summed E-state index contributed by atoms with van der Waals surface area (Å²) < 4.78 is 0. The normalized spacial score (nSPS) is 33.8. The van der Waals surface area contributed by atoms with Crippen molar-refractivity contribution >= 4 is 0 Å². The Morgan fingerprint density at radius 2 is 1.90 bits per heavy atom. The SMILES string of the molecule is CCC1(C)CN(CCC(C)C)C(C2CCCCC2)CN1. The van der Waals surface area contributed by atoms with E-state index in [1.165, 1.54) is 64.6 Å². The topological polar surface area (TPSA) is 15.3 Å². The van der Waals surface area contributed by atoms with E-state index >= 15 is 0 Å². The molecule has 20 heavy (non-hydrogen) atoms. The predicted molar refractivity (Wildman–Crippen MR) is 88.1 cm³/mol. The number of nitrogens with one attached hydrogen (secondary N) is 1. The summed E-state index contributed by atoms with van der Waals surface area (Å²) in [5, 5.41) is 3.87. The van der Waals surface area contributed by atoms with Crippen LogP contribution < -0.4 is 5.32 Å². The van der Waals surface area contributed by atoms with E-state index in [-0.39, 0.29) is 0 Å². The third kappa shape index (κ3) is 4.21. The molecule has 2 atom stereocenters. The largest absolute Gasteiger partial charge is 0.309 e. The third-order valence-corrected chi connectivity index (χ3v) is 5.73. The maximum absolute atomic E-state index is 3.87. The second-order valence-electron chi connectivity index (χ2n) is 7.91. The molecule has 0 radical (unpaired) electrons. The Morgan fingerprint density at radius 3 is 2.50 bits per heavy atom. The highest BCUT2D eigenvalue weighted by Crippen LogP contribution is 2.32. The molecule has 0 amide bonds. The first kappa shape index (κ1) is 16.3. The Hall–Kier alpha value is -0.0800. The summed E-state index contributed by atoms with van der Waals surface area (Å²) >= 11 is 0. The molecule has 2 rings (SSSR count). The van der Waals surface area contributed by atoms with Gasteiger partial charge in [0, 0.05) is 24.7 Å². The van der Waals surface area contributed by atoms with Crippen LogP contribution in [0.5, 0.6) is 0 Å². The Morgan fingerprint density at radius 1 is 1.20 bits per heavy atom. The van der Waals surface area contributed by atoms with Gasteiger partial charge in [0.25, 0.3) is 0 Å². The van der Waals surface area contributed by atoms with Crippen LogP contribution in [0.3, 0.4) is 0 Å². The van der Waals surface area contributed by atoms with Gasteiger partial charge < -0.3 is 5.32 Å². The number of nitrogens with zero attached hydrogens (tertiary/aromatic N) is 1. The Bertz CT molecular complexity index is 283. The van der Waals surface area contributed by atoms with E-state index in [4.69, 9.17) is 0 Å². The van der Waals surface area contributed by atoms with Crippen molar-refractivity contribution in [1.82, 2.24) is 10.2 Å². The number of hydrogen-bond donors (Lipinski definition) is 1. The van der Waals surface area contributed by atoms with Gasteiger partial charge in [-0.05, 0) is 51.0 Å². The Labute approximate surface area is 126 Å². The highest BCUT2D eigenvalue weighted by Gasteiger charge is 2.37. The molecule has 2 unspecified atom stereocenters. The zero-order valence-corrected chi connectivity index (χ0v) is 14.3. The Kier molecular flexibility index (Phi) is 5.92. The molecule has 118 valence electrons. The summed E-state index contributed by atoms with van der Waals surface area (Å²) in [5.41, 5.74) is 0.335. The molecule has 1 heterocycles. The molecule has 0 bridgehead atoms. The van der Waals surface area contributed by atoms with Crippen LogP contribution >= 0.6 is 0 Å². The highest BCUT2D eigenvalue weighted by atomic mass is 15.3. The van der Waals surface area contributed by atoms with E-state index < -0.39 is 0 Å². The minimum atomic E-state index is 0.335. The van der Waals surface area contributed by atoms with Crippen molar-refractivity contribution in [2.24, 2.45) is 11.8 Å². The van der Waals surface area contributed by atoms with Crippen LogP contribution in [-0.2, 0) is 0 Å². The molecule has 1 saturated carbocycles. The number of piperazine rings is 1. The van der Waals surface area contributed by atoms with E-state index in [0.717, 1.165) is 17.9 Å². The van der Waals surface area contributed by atoms with Crippen LogP contribution in [0.25, 0.3) is 0 Å². The van der Waals surface area contributed by atoms with Gasteiger partial charge in [-0.2, -0.15) is 0 Å². The quantitative estimate of drug-likeness (QED) is 0.817. The molecule has 2 heteroatoms. The summed E-state index contributed by atoms with van der Waals surface area (Å²) in [6.45, 7) is 13.2. The molecular weight excluding hydrogens is 244 g/mol. The average Bonchev–Trinajstić information content (AvgIpc) is 2.46. The lowest BCUT2D eigenvalue weighted by atomic mass is 9.80. The third-order valence-electron chi connectivity index (χ3n) is 5.73. The molecule has 1 N–H and O–H groups in total. The summed E-state index contributed by atoms with van der Waals surface area (Å²) in [6, 6.07) is 0.800. The summed E-state index contributed by atoms with van der Waals surface area (Å²) in [4.78, 5) is 2.84. The fraction of sp³-hybridized carbons (Fsp3) is 1.00. The minimum Gasteiger partial charge on any atom is -0.309 e. The molecule has 2 fully saturated rings. The second-order valence-corrected chi connectivity index (χ2v) is 7.91. The standard InChI is InChI=1S/C18H36N2/c1-5-18(4)14-20(12-11-15(2)3)17(13-19-18)16-9-7-6-8-10-16/h15-17,19H,5-14H2,1-4H3. The minimum absolute atomic E-state index is 0.335. The van der Waals surface area contributed by atoms with Gasteiger partial charge in [-0.1, -0.05) is 40.0 Å². The summed E-state index contributed by atoms with van der Waals surface area (Å²) in [5.74, 6) is 1.77. The van der Waals surface area contributed by atoms with E-state index in [9.17, 15) is 0 Å². The van der Waals surface area contributed by atoms with E-state index in [1.54, 1.807) is 0 Å². The van der Waals surface area contributed by atoms with Crippen molar-refractivity contribution < 1.29 is 0 Å². The zero-order chi connectivity index (χ0) is 14.6. The van der Waals surface area contributed by atoms with Gasteiger partial charge in [0.1, 0.15) is 0 Å². The Balaban J connectivity index is 1.99. The maximum Gasteiger partial charge on any atom is 0.0278 e. The number of hydrogen-bond acceptors (Lipinski definition) is 2. The molecule has 2 nitrogen and oxygen atoms in total. The fourth-order valence-corrected chi connectivity index (χ4v) is 3.99. The molecule has 0 spiro atoms. The van der Waals surface area contributed by atoms with Crippen LogP contribution in [0.1, 0.15) is 72.6 Å². The zero-order valence-electron chi connectivity index (χ0n) is 14.3. The smallest absolute Gasteiger partial charge is 0.0278 e.